The van der Waals surface area contributed by atoms with Crippen LogP contribution in [0.2, 0.25) is 0 Å². The van der Waals surface area contributed by atoms with Crippen LogP contribution >= 0.6 is 0 Å². The molecule has 126 valence electrons. The van der Waals surface area contributed by atoms with Crippen molar-refractivity contribution in [2.45, 2.75) is 65.0 Å². The Kier molecular flexibility index (Phi) is 5.31. The van der Waals surface area contributed by atoms with Gasteiger partial charge < -0.3 is 15.1 Å². The lowest BCUT2D eigenvalue weighted by Gasteiger charge is -2.38. The van der Waals surface area contributed by atoms with E-state index in [9.17, 15) is 9.59 Å². The fraction of sp³-hybridized carbons (Fsp3) is 0.765. The summed E-state index contributed by atoms with van der Waals surface area (Å²) in [7, 11) is 3.62. The summed E-state index contributed by atoms with van der Waals surface area (Å²) in [6.45, 7) is 13.9. The molecule has 0 aromatic heterocycles. The van der Waals surface area contributed by atoms with Crippen LogP contribution < -0.4 is 5.32 Å². The molecule has 22 heavy (non-hydrogen) atoms. The smallest absolute Gasteiger partial charge is 0.253 e. The summed E-state index contributed by atoms with van der Waals surface area (Å²) in [5.74, 6) is 0.806. The zero-order valence-corrected chi connectivity index (χ0v) is 15.1. The first-order valence-electron chi connectivity index (χ1n) is 8.03. The van der Waals surface area contributed by atoms with Gasteiger partial charge in [-0.2, -0.15) is 0 Å². The molecule has 5 heteroatoms. The molecule has 1 unspecified atom stereocenters. The van der Waals surface area contributed by atoms with Crippen molar-refractivity contribution in [2.24, 2.45) is 5.92 Å². The molecule has 1 heterocycles. The summed E-state index contributed by atoms with van der Waals surface area (Å²) >= 11 is 0. The van der Waals surface area contributed by atoms with Crippen LogP contribution in [0.25, 0.3) is 0 Å². The number of rotatable bonds is 6. The summed E-state index contributed by atoms with van der Waals surface area (Å²) in [5, 5.41) is 3.12. The fourth-order valence-electron chi connectivity index (χ4n) is 3.33. The molecular formula is C17H31N3O2. The highest BCUT2D eigenvalue weighted by molar-refractivity contribution is 5.90. The van der Waals surface area contributed by atoms with Crippen LogP contribution in [0.4, 0.5) is 0 Å². The second kappa shape index (κ2) is 6.31. The van der Waals surface area contributed by atoms with Gasteiger partial charge in [0.1, 0.15) is 11.4 Å². The zero-order chi connectivity index (χ0) is 17.3. The first kappa shape index (κ1) is 18.5. The van der Waals surface area contributed by atoms with Crippen LogP contribution in [0, 0.1) is 5.92 Å². The average molecular weight is 309 g/mol. The SMILES string of the molecule is C=C1N(C)C(=O)C(C)(CC(C)(C)NC(=O)C(CC)CC)N1C. The molecule has 0 aliphatic carbocycles. The maximum absolute atomic E-state index is 12.6. The van der Waals surface area contributed by atoms with E-state index >= 15 is 0 Å². The van der Waals surface area contributed by atoms with E-state index in [0.717, 1.165) is 12.8 Å². The van der Waals surface area contributed by atoms with Gasteiger partial charge in [0.2, 0.25) is 5.91 Å². The average Bonchev–Trinajstić information content (AvgIpc) is 2.55. The van der Waals surface area contributed by atoms with Gasteiger partial charge in [-0.3, -0.25) is 9.59 Å². The minimum absolute atomic E-state index is 0.0184. The molecule has 1 fully saturated rings. The fourth-order valence-corrected chi connectivity index (χ4v) is 3.33. The second-order valence-corrected chi connectivity index (χ2v) is 7.18. The summed E-state index contributed by atoms with van der Waals surface area (Å²) in [4.78, 5) is 28.4. The first-order chi connectivity index (χ1) is 10.00. The van der Waals surface area contributed by atoms with Gasteiger partial charge in [0, 0.05) is 32.0 Å². The molecule has 0 aromatic rings. The van der Waals surface area contributed by atoms with Crippen LogP contribution in [0.5, 0.6) is 0 Å². The summed E-state index contributed by atoms with van der Waals surface area (Å²) in [6.07, 6.45) is 2.19. The van der Waals surface area contributed by atoms with Gasteiger partial charge in [-0.25, -0.2) is 0 Å². The predicted octanol–water partition coefficient (Wildman–Crippen LogP) is 2.34. The lowest BCUT2D eigenvalue weighted by Crippen LogP contribution is -2.55. The van der Waals surface area contributed by atoms with Crippen molar-refractivity contribution >= 4 is 11.8 Å². The highest BCUT2D eigenvalue weighted by Gasteiger charge is 2.50. The van der Waals surface area contributed by atoms with Crippen LogP contribution in [0.3, 0.4) is 0 Å². The maximum Gasteiger partial charge on any atom is 0.253 e. The number of amides is 2. The van der Waals surface area contributed by atoms with E-state index in [1.54, 1.807) is 11.9 Å². The van der Waals surface area contributed by atoms with Crippen LogP contribution in [-0.2, 0) is 9.59 Å². The number of nitrogens with one attached hydrogen (secondary N) is 1. The largest absolute Gasteiger partial charge is 0.351 e. The Morgan fingerprint density at radius 1 is 1.32 bits per heavy atom. The van der Waals surface area contributed by atoms with Crippen LogP contribution in [0.15, 0.2) is 12.4 Å². The summed E-state index contributed by atoms with van der Waals surface area (Å²) in [5.41, 5.74) is -1.15. The topological polar surface area (TPSA) is 52.7 Å². The predicted molar refractivity (Wildman–Crippen MR) is 89.0 cm³/mol. The molecule has 5 nitrogen and oxygen atoms in total. The molecule has 1 aliphatic heterocycles. The molecule has 1 atom stereocenters. The van der Waals surface area contributed by atoms with Crippen molar-refractivity contribution in [3.8, 4) is 0 Å². The first-order valence-corrected chi connectivity index (χ1v) is 8.03. The van der Waals surface area contributed by atoms with Crippen molar-refractivity contribution in [1.82, 2.24) is 15.1 Å². The highest BCUT2D eigenvalue weighted by Crippen LogP contribution is 2.36. The molecular weight excluding hydrogens is 278 g/mol. The lowest BCUT2D eigenvalue weighted by atomic mass is 9.84. The lowest BCUT2D eigenvalue weighted by molar-refractivity contribution is -0.134. The monoisotopic (exact) mass is 309 g/mol. The highest BCUT2D eigenvalue weighted by atomic mass is 16.2. The standard InChI is InChI=1S/C17H31N3O2/c1-9-13(10-2)14(21)18-16(4,5)11-17(6)15(22)19(7)12(3)20(17)8/h13H,3,9-11H2,1-2,4-8H3,(H,18,21). The Bertz CT molecular complexity index is 469. The second-order valence-electron chi connectivity index (χ2n) is 7.18. The van der Waals surface area contributed by atoms with E-state index < -0.39 is 11.1 Å². The van der Waals surface area contributed by atoms with Crippen LogP contribution in [0.1, 0.15) is 53.9 Å². The molecule has 0 aromatic carbocycles. The third kappa shape index (κ3) is 3.28. The number of likely N-dealkylation sites (N-methyl/N-ethyl adjacent to an activating group) is 2. The van der Waals surface area contributed by atoms with E-state index in [4.69, 9.17) is 0 Å². The zero-order valence-electron chi connectivity index (χ0n) is 15.1. The van der Waals surface area contributed by atoms with E-state index in [0.29, 0.717) is 12.2 Å². The normalized spacial score (nSPS) is 22.7. The quantitative estimate of drug-likeness (QED) is 0.819. The number of carbonyl (C=O) groups excluding carboxylic acids is 2. The van der Waals surface area contributed by atoms with Gasteiger partial charge in [0.15, 0.2) is 0 Å². The molecule has 1 rings (SSSR count). The minimum atomic E-state index is -0.684. The summed E-state index contributed by atoms with van der Waals surface area (Å²) in [6, 6.07) is 0. The number of nitrogens with zero attached hydrogens (tertiary/aromatic N) is 2. The van der Waals surface area contributed by atoms with E-state index in [2.05, 4.69) is 11.9 Å². The van der Waals surface area contributed by atoms with Crippen LogP contribution in [-0.4, -0.2) is 46.8 Å². The molecule has 1 N–H and O–H groups in total. The molecule has 2 amide bonds. The number of hydrogen-bond donors (Lipinski definition) is 1. The Labute approximate surface area is 134 Å². The number of carbonyl (C=O) groups is 2. The van der Waals surface area contributed by atoms with Crippen molar-refractivity contribution < 1.29 is 9.59 Å². The van der Waals surface area contributed by atoms with E-state index in [-0.39, 0.29) is 17.7 Å². The molecule has 0 bridgehead atoms. The minimum Gasteiger partial charge on any atom is -0.351 e. The number of hydrogen-bond acceptors (Lipinski definition) is 3. The van der Waals surface area contributed by atoms with Gasteiger partial charge >= 0.3 is 0 Å². The Hall–Kier alpha value is -1.52. The van der Waals surface area contributed by atoms with Crippen molar-refractivity contribution in [1.29, 1.82) is 0 Å². The molecule has 0 saturated carbocycles. The molecule has 0 radical (unpaired) electrons. The van der Waals surface area contributed by atoms with Gasteiger partial charge in [0.05, 0.1) is 0 Å². The Morgan fingerprint density at radius 2 is 1.82 bits per heavy atom. The van der Waals surface area contributed by atoms with Crippen molar-refractivity contribution in [3.63, 3.8) is 0 Å². The van der Waals surface area contributed by atoms with Gasteiger partial charge in [-0.1, -0.05) is 20.4 Å². The molecule has 1 saturated heterocycles. The summed E-state index contributed by atoms with van der Waals surface area (Å²) < 4.78 is 0. The maximum atomic E-state index is 12.6. The third-order valence-electron chi connectivity index (χ3n) is 4.88. The van der Waals surface area contributed by atoms with Gasteiger partial charge in [-0.05, 0) is 33.6 Å². The van der Waals surface area contributed by atoms with Gasteiger partial charge in [-0.15, -0.1) is 0 Å². The van der Waals surface area contributed by atoms with Gasteiger partial charge in [0.25, 0.3) is 5.91 Å². The Balaban J connectivity index is 2.90. The van der Waals surface area contributed by atoms with E-state index in [1.807, 2.05) is 46.6 Å². The molecule has 1 aliphatic rings. The van der Waals surface area contributed by atoms with Crippen molar-refractivity contribution in [2.75, 3.05) is 14.1 Å². The third-order valence-corrected chi connectivity index (χ3v) is 4.88. The van der Waals surface area contributed by atoms with Crippen molar-refractivity contribution in [3.05, 3.63) is 12.4 Å². The Morgan fingerprint density at radius 3 is 2.18 bits per heavy atom. The molecule has 0 spiro atoms. The van der Waals surface area contributed by atoms with E-state index in [1.165, 1.54) is 0 Å².